The minimum atomic E-state index is -3.54. The van der Waals surface area contributed by atoms with Crippen LogP contribution in [-0.2, 0) is 14.8 Å². The molecule has 0 saturated carbocycles. The lowest BCUT2D eigenvalue weighted by Crippen LogP contribution is -2.33. The Morgan fingerprint density at radius 2 is 1.73 bits per heavy atom. The Bertz CT molecular complexity index is 907. The highest BCUT2D eigenvalue weighted by Gasteiger charge is 2.22. The van der Waals surface area contributed by atoms with Gasteiger partial charge in [0.05, 0.1) is 4.90 Å². The first-order valence-electron chi connectivity index (χ1n) is 8.03. The van der Waals surface area contributed by atoms with Gasteiger partial charge in [-0.3, -0.25) is 4.79 Å². The molecule has 0 aliphatic rings. The van der Waals surface area contributed by atoms with Gasteiger partial charge in [-0.2, -0.15) is 4.31 Å². The molecule has 0 heterocycles. The molecular formula is C19H21ClN2O3S. The fraction of sp³-hybridized carbons (Fsp3) is 0.211. The highest BCUT2D eigenvalue weighted by atomic mass is 35.5. The molecule has 7 heteroatoms. The van der Waals surface area contributed by atoms with Gasteiger partial charge in [-0.1, -0.05) is 29.8 Å². The van der Waals surface area contributed by atoms with Crippen LogP contribution in [0, 0.1) is 0 Å². The van der Waals surface area contributed by atoms with E-state index in [2.05, 4.69) is 5.32 Å². The van der Waals surface area contributed by atoms with Gasteiger partial charge in [0.2, 0.25) is 15.9 Å². The number of nitrogens with zero attached hydrogens (tertiary/aromatic N) is 1. The Kier molecular flexibility index (Phi) is 6.58. The van der Waals surface area contributed by atoms with Crippen LogP contribution in [0.5, 0.6) is 0 Å². The van der Waals surface area contributed by atoms with Gasteiger partial charge in [-0.05, 0) is 55.8 Å². The molecule has 0 unspecified atom stereocenters. The van der Waals surface area contributed by atoms with Crippen molar-refractivity contribution in [2.24, 2.45) is 0 Å². The average molecular weight is 393 g/mol. The summed E-state index contributed by atoms with van der Waals surface area (Å²) in [6.45, 7) is 3.61. The number of anilines is 1. The van der Waals surface area contributed by atoms with Crippen LogP contribution >= 0.6 is 11.6 Å². The van der Waals surface area contributed by atoms with E-state index in [0.29, 0.717) is 10.7 Å². The predicted molar refractivity (Wildman–Crippen MR) is 106 cm³/mol. The number of hydrogen-bond acceptors (Lipinski definition) is 3. The number of rotatable bonds is 6. The van der Waals surface area contributed by atoms with Crippen LogP contribution in [0.2, 0.25) is 5.02 Å². The maximum absolute atomic E-state index is 12.4. The second-order valence-electron chi connectivity index (χ2n) is 5.98. The van der Waals surface area contributed by atoms with Gasteiger partial charge in [-0.25, -0.2) is 8.42 Å². The summed E-state index contributed by atoms with van der Waals surface area (Å²) in [6, 6.07) is 13.1. The Hall–Kier alpha value is -2.15. The molecule has 2 aromatic rings. The Labute approximate surface area is 159 Å². The second kappa shape index (κ2) is 8.49. The van der Waals surface area contributed by atoms with Crippen molar-refractivity contribution in [1.29, 1.82) is 0 Å². The quantitative estimate of drug-likeness (QED) is 0.755. The second-order valence-corrected chi connectivity index (χ2v) is 8.39. The van der Waals surface area contributed by atoms with Crippen LogP contribution in [-0.4, -0.2) is 31.7 Å². The molecule has 26 heavy (non-hydrogen) atoms. The molecule has 2 rings (SSSR count). The lowest BCUT2D eigenvalue weighted by molar-refractivity contribution is -0.111. The monoisotopic (exact) mass is 392 g/mol. The zero-order chi connectivity index (χ0) is 19.3. The standard InChI is InChI=1S/C19H21ClN2O3S/c1-14(2)22(3)26(24,25)17-11-9-16(10-12-17)21-19(23)13-8-15-6-4-5-7-18(15)20/h4-14H,1-3H3,(H,21,23)/b13-8+. The topological polar surface area (TPSA) is 66.5 Å². The van der Waals surface area contributed by atoms with E-state index < -0.39 is 10.0 Å². The number of nitrogens with one attached hydrogen (secondary N) is 1. The van der Waals surface area contributed by atoms with Crippen LogP contribution in [0.3, 0.4) is 0 Å². The Morgan fingerprint density at radius 1 is 1.12 bits per heavy atom. The summed E-state index contributed by atoms with van der Waals surface area (Å²) in [7, 11) is -2.01. The fourth-order valence-corrected chi connectivity index (χ4v) is 3.68. The maximum atomic E-state index is 12.4. The van der Waals surface area contributed by atoms with E-state index >= 15 is 0 Å². The minimum Gasteiger partial charge on any atom is -0.323 e. The highest BCUT2D eigenvalue weighted by Crippen LogP contribution is 2.19. The van der Waals surface area contributed by atoms with Crippen molar-refractivity contribution in [3.8, 4) is 0 Å². The van der Waals surface area contributed by atoms with Gasteiger partial charge in [0.15, 0.2) is 0 Å². The van der Waals surface area contributed by atoms with E-state index in [1.165, 1.54) is 29.6 Å². The van der Waals surface area contributed by atoms with Crippen molar-refractivity contribution in [3.05, 3.63) is 65.2 Å². The predicted octanol–water partition coefficient (Wildman–Crippen LogP) is 4.02. The molecule has 0 saturated heterocycles. The highest BCUT2D eigenvalue weighted by molar-refractivity contribution is 7.89. The molecule has 0 radical (unpaired) electrons. The molecular weight excluding hydrogens is 372 g/mol. The van der Waals surface area contributed by atoms with E-state index in [4.69, 9.17) is 11.6 Å². The molecule has 138 valence electrons. The lowest BCUT2D eigenvalue weighted by atomic mass is 10.2. The molecule has 1 amide bonds. The van der Waals surface area contributed by atoms with Crippen molar-refractivity contribution in [3.63, 3.8) is 0 Å². The third-order valence-corrected chi connectivity index (χ3v) is 6.24. The van der Waals surface area contributed by atoms with Gasteiger partial charge in [0, 0.05) is 29.9 Å². The number of carbonyl (C=O) groups excluding carboxylic acids is 1. The Balaban J connectivity index is 2.07. The lowest BCUT2D eigenvalue weighted by Gasteiger charge is -2.21. The van der Waals surface area contributed by atoms with E-state index in [1.807, 2.05) is 12.1 Å². The number of halogens is 1. The summed E-state index contributed by atoms with van der Waals surface area (Å²) in [5.74, 6) is -0.333. The molecule has 0 atom stereocenters. The van der Waals surface area contributed by atoms with Crippen molar-refractivity contribution in [1.82, 2.24) is 4.31 Å². The zero-order valence-electron chi connectivity index (χ0n) is 14.8. The minimum absolute atomic E-state index is 0.144. The normalized spacial score (nSPS) is 12.1. The molecule has 0 spiro atoms. The molecule has 0 aliphatic carbocycles. The van der Waals surface area contributed by atoms with Crippen LogP contribution in [0.1, 0.15) is 19.4 Å². The summed E-state index contributed by atoms with van der Waals surface area (Å²) in [5.41, 5.74) is 1.24. The van der Waals surface area contributed by atoms with Crippen LogP contribution in [0.15, 0.2) is 59.5 Å². The van der Waals surface area contributed by atoms with E-state index in [-0.39, 0.29) is 16.8 Å². The molecule has 5 nitrogen and oxygen atoms in total. The third kappa shape index (κ3) is 4.94. The number of hydrogen-bond donors (Lipinski definition) is 1. The summed E-state index contributed by atoms with van der Waals surface area (Å²) in [6.07, 6.45) is 2.99. The molecule has 0 aromatic heterocycles. The van der Waals surface area contributed by atoms with Crippen molar-refractivity contribution in [2.45, 2.75) is 24.8 Å². The van der Waals surface area contributed by atoms with Crippen LogP contribution < -0.4 is 5.32 Å². The Morgan fingerprint density at radius 3 is 2.31 bits per heavy atom. The maximum Gasteiger partial charge on any atom is 0.248 e. The first kappa shape index (κ1) is 20.2. The number of amides is 1. The number of sulfonamides is 1. The number of benzene rings is 2. The van der Waals surface area contributed by atoms with E-state index in [0.717, 1.165) is 5.56 Å². The van der Waals surface area contributed by atoms with Crippen molar-refractivity contribution >= 4 is 39.3 Å². The smallest absolute Gasteiger partial charge is 0.248 e. The van der Waals surface area contributed by atoms with Gasteiger partial charge >= 0.3 is 0 Å². The summed E-state index contributed by atoms with van der Waals surface area (Å²) in [4.78, 5) is 12.2. The zero-order valence-corrected chi connectivity index (χ0v) is 16.4. The molecule has 0 fully saturated rings. The fourth-order valence-electron chi connectivity index (χ4n) is 2.11. The van der Waals surface area contributed by atoms with Crippen molar-refractivity contribution < 1.29 is 13.2 Å². The molecule has 1 N–H and O–H groups in total. The van der Waals surface area contributed by atoms with Gasteiger partial charge in [0.1, 0.15) is 0 Å². The molecule has 0 bridgehead atoms. The first-order chi connectivity index (χ1) is 12.2. The largest absolute Gasteiger partial charge is 0.323 e. The summed E-state index contributed by atoms with van der Waals surface area (Å²) in [5, 5.41) is 3.24. The van der Waals surface area contributed by atoms with Crippen molar-refractivity contribution in [2.75, 3.05) is 12.4 Å². The average Bonchev–Trinajstić information content (AvgIpc) is 2.60. The third-order valence-electron chi connectivity index (χ3n) is 3.85. The van der Waals surface area contributed by atoms with E-state index in [9.17, 15) is 13.2 Å². The van der Waals surface area contributed by atoms with Gasteiger partial charge < -0.3 is 5.32 Å². The number of carbonyl (C=O) groups is 1. The van der Waals surface area contributed by atoms with E-state index in [1.54, 1.807) is 44.2 Å². The SMILES string of the molecule is CC(C)N(C)S(=O)(=O)c1ccc(NC(=O)/C=C/c2ccccc2Cl)cc1. The first-order valence-corrected chi connectivity index (χ1v) is 9.85. The van der Waals surface area contributed by atoms with Crippen LogP contribution in [0.25, 0.3) is 6.08 Å². The van der Waals surface area contributed by atoms with Gasteiger partial charge in [0.25, 0.3) is 0 Å². The summed E-state index contributed by atoms with van der Waals surface area (Å²) >= 11 is 6.03. The van der Waals surface area contributed by atoms with Crippen LogP contribution in [0.4, 0.5) is 5.69 Å². The molecule has 0 aliphatic heterocycles. The van der Waals surface area contributed by atoms with Gasteiger partial charge in [-0.15, -0.1) is 0 Å². The molecule has 2 aromatic carbocycles. The summed E-state index contributed by atoms with van der Waals surface area (Å²) < 4.78 is 26.1.